The molecule has 0 aliphatic carbocycles. The van der Waals surface area contributed by atoms with Gasteiger partial charge in [0.15, 0.2) is 11.6 Å². The summed E-state index contributed by atoms with van der Waals surface area (Å²) in [7, 11) is 0. The molecule has 0 fully saturated rings. The van der Waals surface area contributed by atoms with Crippen LogP contribution in [0.1, 0.15) is 17.3 Å². The second-order valence-corrected chi connectivity index (χ2v) is 5.60. The summed E-state index contributed by atoms with van der Waals surface area (Å²) in [6, 6.07) is 13.8. The molecule has 27 heavy (non-hydrogen) atoms. The summed E-state index contributed by atoms with van der Waals surface area (Å²) >= 11 is 0. The smallest absolute Gasteiger partial charge is 0.256 e. The number of anilines is 3. The standard InChI is InChI=1S/C20H17F2N3O2/c1-2-27-16-7-4-14(5-8-16)24-15-6-10-19(23-12-15)25-20(26)13-3-9-17(21)18(22)11-13/h3-12,24H,2H2,1H3,(H,23,25,26). The zero-order valence-corrected chi connectivity index (χ0v) is 14.5. The van der Waals surface area contributed by atoms with E-state index >= 15 is 0 Å². The van der Waals surface area contributed by atoms with Gasteiger partial charge in [0, 0.05) is 11.3 Å². The number of halogens is 2. The van der Waals surface area contributed by atoms with Crippen LogP contribution in [-0.2, 0) is 0 Å². The third-order valence-electron chi connectivity index (χ3n) is 3.64. The van der Waals surface area contributed by atoms with Gasteiger partial charge >= 0.3 is 0 Å². The van der Waals surface area contributed by atoms with Crippen molar-refractivity contribution < 1.29 is 18.3 Å². The molecule has 3 aromatic rings. The van der Waals surface area contributed by atoms with Crippen LogP contribution >= 0.6 is 0 Å². The topological polar surface area (TPSA) is 63.2 Å². The van der Waals surface area contributed by atoms with Gasteiger partial charge in [-0.05, 0) is 61.5 Å². The zero-order valence-electron chi connectivity index (χ0n) is 14.5. The van der Waals surface area contributed by atoms with E-state index in [4.69, 9.17) is 4.74 Å². The van der Waals surface area contributed by atoms with Crippen molar-refractivity contribution in [3.05, 3.63) is 78.0 Å². The van der Waals surface area contributed by atoms with Gasteiger partial charge in [-0.1, -0.05) is 0 Å². The van der Waals surface area contributed by atoms with Crippen molar-refractivity contribution in [2.75, 3.05) is 17.2 Å². The Morgan fingerprint density at radius 3 is 2.37 bits per heavy atom. The molecule has 0 saturated carbocycles. The van der Waals surface area contributed by atoms with E-state index < -0.39 is 17.5 Å². The Morgan fingerprint density at radius 1 is 1.00 bits per heavy atom. The summed E-state index contributed by atoms with van der Waals surface area (Å²) in [5.41, 5.74) is 1.59. The number of hydrogen-bond donors (Lipinski definition) is 2. The number of amides is 1. The van der Waals surface area contributed by atoms with Gasteiger partial charge in [0.05, 0.1) is 18.5 Å². The lowest BCUT2D eigenvalue weighted by Gasteiger charge is -2.09. The van der Waals surface area contributed by atoms with Crippen molar-refractivity contribution in [2.45, 2.75) is 6.92 Å². The van der Waals surface area contributed by atoms with E-state index in [1.807, 2.05) is 31.2 Å². The quantitative estimate of drug-likeness (QED) is 0.658. The summed E-state index contributed by atoms with van der Waals surface area (Å²) in [6.07, 6.45) is 1.55. The van der Waals surface area contributed by atoms with Crippen LogP contribution in [0.25, 0.3) is 0 Å². The van der Waals surface area contributed by atoms with Gasteiger partial charge < -0.3 is 15.4 Å². The van der Waals surface area contributed by atoms with Crippen LogP contribution in [-0.4, -0.2) is 17.5 Å². The summed E-state index contributed by atoms with van der Waals surface area (Å²) in [5, 5.41) is 5.71. The van der Waals surface area contributed by atoms with Crippen LogP contribution in [0.2, 0.25) is 0 Å². The number of aromatic nitrogens is 1. The SMILES string of the molecule is CCOc1ccc(Nc2ccc(NC(=O)c3ccc(F)c(F)c3)nc2)cc1. The van der Waals surface area contributed by atoms with E-state index in [0.29, 0.717) is 12.4 Å². The Bertz CT molecular complexity index is 929. The van der Waals surface area contributed by atoms with Crippen LogP contribution in [0.4, 0.5) is 26.0 Å². The lowest BCUT2D eigenvalue weighted by molar-refractivity contribution is 0.102. The largest absolute Gasteiger partial charge is 0.494 e. The normalized spacial score (nSPS) is 10.3. The summed E-state index contributed by atoms with van der Waals surface area (Å²) in [5.74, 6) is -1.58. The molecule has 0 radical (unpaired) electrons. The van der Waals surface area contributed by atoms with Crippen molar-refractivity contribution in [1.29, 1.82) is 0 Å². The first-order valence-corrected chi connectivity index (χ1v) is 8.27. The molecule has 0 saturated heterocycles. The monoisotopic (exact) mass is 369 g/mol. The van der Waals surface area contributed by atoms with E-state index in [9.17, 15) is 13.6 Å². The van der Waals surface area contributed by atoms with Crippen molar-refractivity contribution in [3.8, 4) is 5.75 Å². The molecule has 0 spiro atoms. The molecular formula is C20H17F2N3O2. The van der Waals surface area contributed by atoms with Crippen molar-refractivity contribution in [1.82, 2.24) is 4.98 Å². The fourth-order valence-corrected chi connectivity index (χ4v) is 2.34. The highest BCUT2D eigenvalue weighted by Crippen LogP contribution is 2.20. The van der Waals surface area contributed by atoms with Gasteiger partial charge in [-0.3, -0.25) is 4.79 Å². The van der Waals surface area contributed by atoms with E-state index in [-0.39, 0.29) is 5.56 Å². The first-order chi connectivity index (χ1) is 13.0. The molecule has 2 N–H and O–H groups in total. The molecule has 0 bridgehead atoms. The maximum Gasteiger partial charge on any atom is 0.256 e. The second kappa shape index (κ2) is 8.27. The van der Waals surface area contributed by atoms with Gasteiger partial charge in [-0.25, -0.2) is 13.8 Å². The number of carbonyl (C=O) groups is 1. The second-order valence-electron chi connectivity index (χ2n) is 5.60. The fourth-order valence-electron chi connectivity index (χ4n) is 2.34. The first kappa shape index (κ1) is 18.3. The van der Waals surface area contributed by atoms with Gasteiger partial charge in [0.2, 0.25) is 0 Å². The number of benzene rings is 2. The Labute approximate surface area is 155 Å². The van der Waals surface area contributed by atoms with E-state index in [1.54, 1.807) is 18.3 Å². The number of carbonyl (C=O) groups excluding carboxylic acids is 1. The summed E-state index contributed by atoms with van der Waals surface area (Å²) in [6.45, 7) is 2.53. The molecule has 0 unspecified atom stereocenters. The Morgan fingerprint density at radius 2 is 1.74 bits per heavy atom. The summed E-state index contributed by atoms with van der Waals surface area (Å²) in [4.78, 5) is 16.2. The van der Waals surface area contributed by atoms with Crippen molar-refractivity contribution in [3.63, 3.8) is 0 Å². The minimum atomic E-state index is -1.08. The molecule has 2 aromatic carbocycles. The molecule has 1 heterocycles. The Hall–Kier alpha value is -3.48. The molecule has 3 rings (SSSR count). The molecule has 0 aliphatic rings. The minimum absolute atomic E-state index is 0.00675. The Kier molecular flexibility index (Phi) is 5.61. The highest BCUT2D eigenvalue weighted by Gasteiger charge is 2.10. The van der Waals surface area contributed by atoms with Crippen molar-refractivity contribution >= 4 is 23.1 Å². The van der Waals surface area contributed by atoms with Crippen LogP contribution in [0.5, 0.6) is 5.75 Å². The number of pyridine rings is 1. The highest BCUT2D eigenvalue weighted by molar-refractivity contribution is 6.03. The van der Waals surface area contributed by atoms with Gasteiger partial charge in [-0.2, -0.15) is 0 Å². The number of hydrogen-bond acceptors (Lipinski definition) is 4. The Balaban J connectivity index is 1.62. The van der Waals surface area contributed by atoms with Crippen molar-refractivity contribution in [2.24, 2.45) is 0 Å². The van der Waals surface area contributed by atoms with Crippen LogP contribution in [0.3, 0.4) is 0 Å². The molecule has 5 nitrogen and oxygen atoms in total. The molecule has 0 aliphatic heterocycles. The number of nitrogens with one attached hydrogen (secondary N) is 2. The van der Waals surface area contributed by atoms with E-state index in [1.165, 1.54) is 6.07 Å². The predicted molar refractivity (Wildman–Crippen MR) is 99.4 cm³/mol. The van der Waals surface area contributed by atoms with E-state index in [0.717, 1.165) is 29.3 Å². The average Bonchev–Trinajstić information content (AvgIpc) is 2.67. The first-order valence-electron chi connectivity index (χ1n) is 8.27. The molecule has 7 heteroatoms. The van der Waals surface area contributed by atoms with Crippen LogP contribution in [0, 0.1) is 11.6 Å². The molecular weight excluding hydrogens is 352 g/mol. The third kappa shape index (κ3) is 4.78. The fraction of sp³-hybridized carbons (Fsp3) is 0.100. The highest BCUT2D eigenvalue weighted by atomic mass is 19.2. The number of ether oxygens (including phenoxy) is 1. The third-order valence-corrected chi connectivity index (χ3v) is 3.64. The van der Waals surface area contributed by atoms with E-state index in [2.05, 4.69) is 15.6 Å². The average molecular weight is 369 g/mol. The molecule has 1 amide bonds. The number of rotatable bonds is 6. The minimum Gasteiger partial charge on any atom is -0.494 e. The van der Waals surface area contributed by atoms with Crippen LogP contribution in [0.15, 0.2) is 60.8 Å². The van der Waals surface area contributed by atoms with Gasteiger partial charge in [0.1, 0.15) is 11.6 Å². The lowest BCUT2D eigenvalue weighted by atomic mass is 10.2. The predicted octanol–water partition coefficient (Wildman–Crippen LogP) is 4.75. The maximum absolute atomic E-state index is 13.2. The molecule has 138 valence electrons. The van der Waals surface area contributed by atoms with Gasteiger partial charge in [-0.15, -0.1) is 0 Å². The molecule has 0 atom stereocenters. The lowest BCUT2D eigenvalue weighted by Crippen LogP contribution is -2.13. The van der Waals surface area contributed by atoms with Crippen LogP contribution < -0.4 is 15.4 Å². The maximum atomic E-state index is 13.2. The summed E-state index contributed by atoms with van der Waals surface area (Å²) < 4.78 is 31.5. The zero-order chi connectivity index (χ0) is 19.2. The van der Waals surface area contributed by atoms with Gasteiger partial charge in [0.25, 0.3) is 5.91 Å². The number of nitrogens with zero attached hydrogens (tertiary/aromatic N) is 1. The molecule has 1 aromatic heterocycles.